The van der Waals surface area contributed by atoms with Crippen LogP contribution >= 0.6 is 0 Å². The molecule has 0 saturated heterocycles. The molecule has 1 amide bonds. The molecular weight excluding hydrogens is 426 g/mol. The highest BCUT2D eigenvalue weighted by Crippen LogP contribution is 2.20. The van der Waals surface area contributed by atoms with Crippen LogP contribution in [0.4, 0.5) is 5.82 Å². The second-order valence-electron chi connectivity index (χ2n) is 10.4. The Kier molecular flexibility index (Phi) is 11.2. The van der Waals surface area contributed by atoms with E-state index in [0.717, 1.165) is 5.69 Å². The summed E-state index contributed by atoms with van der Waals surface area (Å²) in [6.45, 7) is 22.5. The third-order valence-electron chi connectivity index (χ3n) is 5.27. The fraction of sp³-hybridized carbons (Fsp3) is 0.556. The maximum atomic E-state index is 11.8. The van der Waals surface area contributed by atoms with E-state index in [-0.39, 0.29) is 5.91 Å². The molecule has 0 unspecified atom stereocenters. The minimum atomic E-state index is -0.393. The highest BCUT2D eigenvalue weighted by atomic mass is 16.5. The number of aromatic amines is 1. The van der Waals surface area contributed by atoms with Gasteiger partial charge in [0.2, 0.25) is 5.91 Å². The molecule has 0 aromatic carbocycles. The second-order valence-corrected chi connectivity index (χ2v) is 10.4. The van der Waals surface area contributed by atoms with Crippen molar-refractivity contribution in [2.24, 2.45) is 5.41 Å². The number of nitrogens with one attached hydrogen (secondary N) is 2. The monoisotopic (exact) mass is 469 g/mol. The lowest BCUT2D eigenvalue weighted by molar-refractivity contribution is -0.123. The first kappa shape index (κ1) is 29.1. The minimum Gasteiger partial charge on any atom is -0.364 e. The van der Waals surface area contributed by atoms with Crippen molar-refractivity contribution in [2.45, 2.75) is 93.9 Å². The van der Waals surface area contributed by atoms with Crippen molar-refractivity contribution in [2.75, 3.05) is 5.32 Å². The van der Waals surface area contributed by atoms with Crippen LogP contribution in [0.3, 0.4) is 0 Å². The molecule has 0 radical (unpaired) electrons. The Labute approximate surface area is 205 Å². The van der Waals surface area contributed by atoms with E-state index in [4.69, 9.17) is 4.52 Å². The zero-order chi connectivity index (χ0) is 26.1. The average Bonchev–Trinajstić information content (AvgIpc) is 3.36. The lowest BCUT2D eigenvalue weighted by atomic mass is 9.95. The van der Waals surface area contributed by atoms with Gasteiger partial charge in [-0.2, -0.15) is 5.10 Å². The summed E-state index contributed by atoms with van der Waals surface area (Å²) in [5.74, 6) is 2.17. The topological polar surface area (TPSA) is 96.7 Å². The Morgan fingerprint density at radius 2 is 1.62 bits per heavy atom. The number of nitrogens with zero attached hydrogens (tertiary/aromatic N) is 3. The lowest BCUT2D eigenvalue weighted by Gasteiger charge is -2.17. The van der Waals surface area contributed by atoms with Crippen LogP contribution in [0.25, 0.3) is 0 Å². The molecule has 3 rings (SSSR count). The number of aromatic nitrogens is 4. The normalized spacial score (nSPS) is 11.1. The molecule has 3 aromatic rings. The summed E-state index contributed by atoms with van der Waals surface area (Å²) in [7, 11) is 0. The van der Waals surface area contributed by atoms with Gasteiger partial charge in [0, 0.05) is 22.9 Å². The van der Waals surface area contributed by atoms with Crippen LogP contribution in [0, 0.1) is 19.3 Å². The largest absolute Gasteiger partial charge is 0.364 e. The predicted octanol–water partition coefficient (Wildman–Crippen LogP) is 7.14. The number of amides is 1. The summed E-state index contributed by atoms with van der Waals surface area (Å²) in [6, 6.07) is 3.89. The molecule has 7 heteroatoms. The van der Waals surface area contributed by atoms with Crippen molar-refractivity contribution in [3.05, 3.63) is 58.9 Å². The summed E-state index contributed by atoms with van der Waals surface area (Å²) in [5, 5.41) is 13.4. The third kappa shape index (κ3) is 9.49. The van der Waals surface area contributed by atoms with Crippen LogP contribution in [0.5, 0.6) is 0 Å². The van der Waals surface area contributed by atoms with E-state index in [1.807, 2.05) is 52.9 Å². The number of hydrogen-bond donors (Lipinski definition) is 2. The molecule has 0 bridgehead atoms. The fourth-order valence-corrected chi connectivity index (χ4v) is 2.97. The van der Waals surface area contributed by atoms with E-state index in [1.54, 1.807) is 12.5 Å². The Bertz CT molecular complexity index is 966. The molecule has 3 heterocycles. The van der Waals surface area contributed by atoms with Crippen LogP contribution in [0.2, 0.25) is 0 Å². The number of pyridine rings is 1. The first-order valence-corrected chi connectivity index (χ1v) is 11.9. The smallest absolute Gasteiger partial charge is 0.230 e. The zero-order valence-electron chi connectivity index (χ0n) is 22.8. The van der Waals surface area contributed by atoms with Gasteiger partial charge in [-0.3, -0.25) is 9.89 Å². The van der Waals surface area contributed by atoms with Gasteiger partial charge in [0.1, 0.15) is 12.1 Å². The average molecular weight is 470 g/mol. The molecule has 0 atom stereocenters. The molecule has 7 nitrogen and oxygen atoms in total. The van der Waals surface area contributed by atoms with Gasteiger partial charge in [-0.05, 0) is 54.9 Å². The molecule has 0 aliphatic carbocycles. The number of rotatable bonds is 4. The zero-order valence-corrected chi connectivity index (χ0v) is 22.8. The summed E-state index contributed by atoms with van der Waals surface area (Å²) in [5.41, 5.74) is 5.49. The standard InChI is InChI=1S/C13H20N2O.C7H12N2.C7H11NO/c1-9(2)10-6-7-14-11(8-10)15-12(16)13(3,4)5;1-5(2)7-4-8-9-6(7)3;1-5(2)7-4-9-8-6(7)3/h6-9H,1-5H3,(H,14,15,16);4-5H,1-3H3,(H,8,9);4-5H,1-3H3. The quantitative estimate of drug-likeness (QED) is 0.423. The third-order valence-corrected chi connectivity index (χ3v) is 5.27. The van der Waals surface area contributed by atoms with E-state index >= 15 is 0 Å². The van der Waals surface area contributed by atoms with Crippen molar-refractivity contribution in [1.82, 2.24) is 20.3 Å². The first-order valence-electron chi connectivity index (χ1n) is 11.9. The SMILES string of the molecule is CC(C)c1ccnc(NC(=O)C(C)(C)C)c1.Cc1[nH]ncc1C(C)C.Cc1nocc1C(C)C. The molecule has 188 valence electrons. The number of aryl methyl sites for hydroxylation is 2. The molecule has 34 heavy (non-hydrogen) atoms. The van der Waals surface area contributed by atoms with Gasteiger partial charge in [0.25, 0.3) is 0 Å². The second kappa shape index (κ2) is 13.1. The molecule has 2 N–H and O–H groups in total. The Morgan fingerprint density at radius 1 is 1.00 bits per heavy atom. The number of H-pyrrole nitrogens is 1. The Balaban J connectivity index is 0.000000274. The number of hydrogen-bond acceptors (Lipinski definition) is 5. The van der Waals surface area contributed by atoms with Gasteiger partial charge in [-0.1, -0.05) is 67.5 Å². The summed E-state index contributed by atoms with van der Waals surface area (Å²) in [4.78, 5) is 15.9. The van der Waals surface area contributed by atoms with Gasteiger partial charge in [0.05, 0.1) is 11.9 Å². The van der Waals surface area contributed by atoms with Crippen LogP contribution in [0.15, 0.2) is 35.3 Å². The molecule has 3 aromatic heterocycles. The molecule has 0 fully saturated rings. The van der Waals surface area contributed by atoms with Gasteiger partial charge >= 0.3 is 0 Å². The maximum absolute atomic E-state index is 11.8. The fourth-order valence-electron chi connectivity index (χ4n) is 2.97. The van der Waals surface area contributed by atoms with Crippen molar-refractivity contribution in [3.63, 3.8) is 0 Å². The Hall–Kier alpha value is -2.96. The summed E-state index contributed by atoms with van der Waals surface area (Å²) >= 11 is 0. The molecule has 0 saturated carbocycles. The van der Waals surface area contributed by atoms with Crippen molar-refractivity contribution in [1.29, 1.82) is 0 Å². The number of carbonyl (C=O) groups is 1. The Morgan fingerprint density at radius 3 is 1.97 bits per heavy atom. The van der Waals surface area contributed by atoms with Crippen molar-refractivity contribution >= 4 is 11.7 Å². The molecular formula is C27H43N5O2. The highest BCUT2D eigenvalue weighted by Gasteiger charge is 2.21. The van der Waals surface area contributed by atoms with Crippen molar-refractivity contribution in [3.8, 4) is 0 Å². The van der Waals surface area contributed by atoms with Gasteiger partial charge in [-0.15, -0.1) is 0 Å². The van der Waals surface area contributed by atoms with Crippen LogP contribution in [-0.2, 0) is 4.79 Å². The van der Waals surface area contributed by atoms with E-state index in [2.05, 4.69) is 67.2 Å². The van der Waals surface area contributed by atoms with E-state index in [0.29, 0.717) is 23.6 Å². The van der Waals surface area contributed by atoms with Gasteiger partial charge in [0.15, 0.2) is 0 Å². The minimum absolute atomic E-state index is 0.0130. The van der Waals surface area contributed by atoms with Crippen LogP contribution < -0.4 is 5.32 Å². The maximum Gasteiger partial charge on any atom is 0.230 e. The molecule has 0 spiro atoms. The van der Waals surface area contributed by atoms with Gasteiger partial charge < -0.3 is 9.84 Å². The number of carbonyl (C=O) groups excluding carboxylic acids is 1. The van der Waals surface area contributed by atoms with Crippen LogP contribution in [0.1, 0.15) is 108 Å². The molecule has 0 aliphatic rings. The van der Waals surface area contributed by atoms with E-state index in [1.165, 1.54) is 22.4 Å². The predicted molar refractivity (Wildman–Crippen MR) is 139 cm³/mol. The number of anilines is 1. The summed E-state index contributed by atoms with van der Waals surface area (Å²) in [6.07, 6.45) is 5.33. The lowest BCUT2D eigenvalue weighted by Crippen LogP contribution is -2.28. The van der Waals surface area contributed by atoms with E-state index < -0.39 is 5.41 Å². The van der Waals surface area contributed by atoms with Crippen molar-refractivity contribution < 1.29 is 9.32 Å². The highest BCUT2D eigenvalue weighted by molar-refractivity contribution is 5.93. The molecule has 0 aliphatic heterocycles. The summed E-state index contributed by atoms with van der Waals surface area (Å²) < 4.78 is 4.76. The van der Waals surface area contributed by atoms with Gasteiger partial charge in [-0.25, -0.2) is 4.98 Å². The van der Waals surface area contributed by atoms with E-state index in [9.17, 15) is 4.79 Å². The van der Waals surface area contributed by atoms with Crippen LogP contribution in [-0.4, -0.2) is 26.2 Å². The first-order chi connectivity index (χ1) is 15.7.